The van der Waals surface area contributed by atoms with Crippen molar-refractivity contribution in [3.05, 3.63) is 47.8 Å². The van der Waals surface area contributed by atoms with Crippen LogP contribution in [0.2, 0.25) is 0 Å². The zero-order valence-electron chi connectivity index (χ0n) is 16.7. The normalized spacial score (nSPS) is 15.8. The van der Waals surface area contributed by atoms with Gasteiger partial charge in [-0.15, -0.1) is 0 Å². The van der Waals surface area contributed by atoms with E-state index in [2.05, 4.69) is 60.0 Å². The molecule has 27 heavy (non-hydrogen) atoms. The molecule has 0 bridgehead atoms. The molecule has 1 aromatic heterocycles. The lowest BCUT2D eigenvalue weighted by Crippen LogP contribution is -2.48. The number of carbonyl (C=O) groups is 1. The van der Waals surface area contributed by atoms with E-state index in [1.807, 2.05) is 18.0 Å². The van der Waals surface area contributed by atoms with E-state index in [0.717, 1.165) is 37.6 Å². The predicted octanol–water partition coefficient (Wildman–Crippen LogP) is 2.52. The molecule has 0 saturated carbocycles. The van der Waals surface area contributed by atoms with Crippen LogP contribution in [-0.2, 0) is 11.2 Å². The third-order valence-corrected chi connectivity index (χ3v) is 5.39. The Morgan fingerprint density at radius 1 is 1.19 bits per heavy atom. The Balaban J connectivity index is 1.74. The maximum Gasteiger partial charge on any atom is 0.241 e. The number of nitrogens with zero attached hydrogens (tertiary/aromatic N) is 5. The van der Waals surface area contributed by atoms with Crippen molar-refractivity contribution in [2.45, 2.75) is 32.7 Å². The molecule has 0 aliphatic carbocycles. The van der Waals surface area contributed by atoms with Crippen LogP contribution in [0, 0.1) is 6.92 Å². The highest BCUT2D eigenvalue weighted by Crippen LogP contribution is 2.22. The first-order chi connectivity index (χ1) is 13.0. The second kappa shape index (κ2) is 8.37. The zero-order chi connectivity index (χ0) is 19.4. The molecular formula is C21H29N5O. The number of hydrogen-bond donors (Lipinski definition) is 0. The van der Waals surface area contributed by atoms with Crippen molar-refractivity contribution in [2.75, 3.05) is 43.5 Å². The molecule has 2 heterocycles. The maximum absolute atomic E-state index is 12.0. The van der Waals surface area contributed by atoms with Gasteiger partial charge in [-0.3, -0.25) is 4.79 Å². The van der Waals surface area contributed by atoms with Crippen LogP contribution in [-0.4, -0.2) is 60.5 Å². The molecule has 6 heteroatoms. The monoisotopic (exact) mass is 367 g/mol. The molecule has 1 saturated heterocycles. The molecule has 1 aliphatic rings. The second-order valence-electron chi connectivity index (χ2n) is 7.33. The Kier molecular flexibility index (Phi) is 5.94. The van der Waals surface area contributed by atoms with E-state index in [9.17, 15) is 4.79 Å². The molecule has 144 valence electrons. The third-order valence-electron chi connectivity index (χ3n) is 5.39. The average molecular weight is 367 g/mol. The molecule has 1 aliphatic heterocycles. The molecule has 0 radical (unpaired) electrons. The third kappa shape index (κ3) is 4.56. The summed E-state index contributed by atoms with van der Waals surface area (Å²) < 4.78 is 0. The number of aryl methyl sites for hydroxylation is 1. The smallest absolute Gasteiger partial charge is 0.241 e. The highest BCUT2D eigenvalue weighted by Gasteiger charge is 2.23. The average Bonchev–Trinajstić information content (AvgIpc) is 2.69. The first-order valence-corrected chi connectivity index (χ1v) is 9.57. The summed E-state index contributed by atoms with van der Waals surface area (Å²) in [6.45, 7) is 6.20. The topological polar surface area (TPSA) is 52.6 Å². The Morgan fingerprint density at radius 3 is 2.59 bits per heavy atom. The summed E-state index contributed by atoms with van der Waals surface area (Å²) in [6, 6.07) is 11.1. The first kappa shape index (κ1) is 19.1. The summed E-state index contributed by atoms with van der Waals surface area (Å²) in [5.74, 6) is 1.84. The number of carbonyl (C=O) groups excluding carboxylic acids is 1. The van der Waals surface area contributed by atoms with Gasteiger partial charge in [0.2, 0.25) is 5.91 Å². The molecular weight excluding hydrogens is 338 g/mol. The van der Waals surface area contributed by atoms with Gasteiger partial charge in [0.05, 0.1) is 6.54 Å². The van der Waals surface area contributed by atoms with Crippen molar-refractivity contribution in [2.24, 2.45) is 0 Å². The van der Waals surface area contributed by atoms with E-state index in [-0.39, 0.29) is 5.91 Å². The largest absolute Gasteiger partial charge is 0.356 e. The molecule has 1 aromatic carbocycles. The van der Waals surface area contributed by atoms with Crippen LogP contribution in [0.5, 0.6) is 0 Å². The molecule has 0 spiro atoms. The number of aromatic nitrogens is 2. The summed E-state index contributed by atoms with van der Waals surface area (Å²) in [4.78, 5) is 26.9. The van der Waals surface area contributed by atoms with Crippen molar-refractivity contribution in [1.82, 2.24) is 14.9 Å². The van der Waals surface area contributed by atoms with Gasteiger partial charge < -0.3 is 14.7 Å². The van der Waals surface area contributed by atoms with Crippen molar-refractivity contribution < 1.29 is 4.79 Å². The first-order valence-electron chi connectivity index (χ1n) is 9.57. The van der Waals surface area contributed by atoms with Gasteiger partial charge in [0.1, 0.15) is 18.0 Å². The van der Waals surface area contributed by atoms with Gasteiger partial charge in [-0.05, 0) is 25.3 Å². The summed E-state index contributed by atoms with van der Waals surface area (Å²) in [7, 11) is 3.93. The summed E-state index contributed by atoms with van der Waals surface area (Å²) in [5, 5.41) is 0. The van der Waals surface area contributed by atoms with Gasteiger partial charge >= 0.3 is 0 Å². The van der Waals surface area contributed by atoms with Gasteiger partial charge in [-0.25, -0.2) is 9.97 Å². The summed E-state index contributed by atoms with van der Waals surface area (Å²) in [5.41, 5.74) is 2.61. The number of piperazine rings is 1. The number of benzene rings is 1. The number of likely N-dealkylation sites (N-methyl/N-ethyl adjacent to an activating group) is 2. The summed E-state index contributed by atoms with van der Waals surface area (Å²) >= 11 is 0. The highest BCUT2D eigenvalue weighted by atomic mass is 16.2. The van der Waals surface area contributed by atoms with E-state index in [4.69, 9.17) is 0 Å². The lowest BCUT2D eigenvalue weighted by molar-refractivity contribution is -0.129. The molecule has 1 atom stereocenters. The van der Waals surface area contributed by atoms with Crippen LogP contribution < -0.4 is 9.80 Å². The zero-order valence-corrected chi connectivity index (χ0v) is 16.7. The SMILES string of the molecule is CCC(Cc1ccc(C)cc1)N(C)c1cc(N2CCN(C)C(=O)C2)ncn1. The fourth-order valence-corrected chi connectivity index (χ4v) is 3.40. The quantitative estimate of drug-likeness (QED) is 0.785. The lowest BCUT2D eigenvalue weighted by Gasteiger charge is -2.33. The minimum atomic E-state index is 0.126. The van der Waals surface area contributed by atoms with Crippen molar-refractivity contribution in [1.29, 1.82) is 0 Å². The lowest BCUT2D eigenvalue weighted by atomic mass is 10.0. The van der Waals surface area contributed by atoms with Crippen LogP contribution in [0.15, 0.2) is 36.7 Å². The van der Waals surface area contributed by atoms with Crippen LogP contribution in [0.4, 0.5) is 11.6 Å². The number of rotatable bonds is 6. The van der Waals surface area contributed by atoms with Crippen LogP contribution in [0.1, 0.15) is 24.5 Å². The Hall–Kier alpha value is -2.63. The molecule has 1 unspecified atom stereocenters. The molecule has 1 fully saturated rings. The van der Waals surface area contributed by atoms with Crippen molar-refractivity contribution in [3.8, 4) is 0 Å². The predicted molar refractivity (Wildman–Crippen MR) is 109 cm³/mol. The fraction of sp³-hybridized carbons (Fsp3) is 0.476. The van der Waals surface area contributed by atoms with Crippen molar-refractivity contribution in [3.63, 3.8) is 0 Å². The van der Waals surface area contributed by atoms with E-state index in [0.29, 0.717) is 12.6 Å². The molecule has 2 aromatic rings. The molecule has 3 rings (SSSR count). The van der Waals surface area contributed by atoms with E-state index in [1.165, 1.54) is 11.1 Å². The molecule has 1 amide bonds. The Labute approximate surface area is 161 Å². The minimum Gasteiger partial charge on any atom is -0.356 e. The van der Waals surface area contributed by atoms with Crippen LogP contribution in [0.25, 0.3) is 0 Å². The second-order valence-corrected chi connectivity index (χ2v) is 7.33. The number of anilines is 2. The van der Waals surface area contributed by atoms with Gasteiger partial charge in [0.25, 0.3) is 0 Å². The van der Waals surface area contributed by atoms with Crippen LogP contribution in [0.3, 0.4) is 0 Å². The molecule has 6 nitrogen and oxygen atoms in total. The van der Waals surface area contributed by atoms with E-state index in [1.54, 1.807) is 11.2 Å². The van der Waals surface area contributed by atoms with Gasteiger partial charge in [0, 0.05) is 39.3 Å². The van der Waals surface area contributed by atoms with Gasteiger partial charge in [-0.1, -0.05) is 36.8 Å². The minimum absolute atomic E-state index is 0.126. The highest BCUT2D eigenvalue weighted by molar-refractivity contribution is 5.82. The van der Waals surface area contributed by atoms with Crippen LogP contribution >= 0.6 is 0 Å². The summed E-state index contributed by atoms with van der Waals surface area (Å²) in [6.07, 6.45) is 3.60. The fourth-order valence-electron chi connectivity index (χ4n) is 3.40. The Bertz CT molecular complexity index is 776. The van der Waals surface area contributed by atoms with Crippen molar-refractivity contribution >= 4 is 17.5 Å². The standard InChI is InChI=1S/C21H29N5O/c1-5-18(12-17-8-6-16(2)7-9-17)25(4)19-13-20(23-15-22-19)26-11-10-24(3)21(27)14-26/h6-9,13,15,18H,5,10-12,14H2,1-4H3. The maximum atomic E-state index is 12.0. The van der Waals surface area contributed by atoms with Gasteiger partial charge in [0.15, 0.2) is 0 Å². The van der Waals surface area contributed by atoms with Gasteiger partial charge in [-0.2, -0.15) is 0 Å². The number of amides is 1. The Morgan fingerprint density at radius 2 is 1.93 bits per heavy atom. The number of hydrogen-bond acceptors (Lipinski definition) is 5. The molecule has 0 N–H and O–H groups in total. The van der Waals surface area contributed by atoms with E-state index >= 15 is 0 Å². The van der Waals surface area contributed by atoms with E-state index < -0.39 is 0 Å².